The average molecular weight is 273 g/mol. The van der Waals surface area contributed by atoms with Crippen LogP contribution in [0.4, 0.5) is 0 Å². The van der Waals surface area contributed by atoms with E-state index in [1.807, 2.05) is 30.3 Å². The zero-order chi connectivity index (χ0) is 13.8. The van der Waals surface area contributed by atoms with Crippen molar-refractivity contribution in [2.24, 2.45) is 0 Å². The molecular weight excluding hydrogens is 260 g/mol. The maximum Gasteiger partial charge on any atom is 0.338 e. The van der Waals surface area contributed by atoms with Gasteiger partial charge in [0.1, 0.15) is 5.75 Å². The van der Waals surface area contributed by atoms with Gasteiger partial charge in [-0.2, -0.15) is 0 Å². The summed E-state index contributed by atoms with van der Waals surface area (Å²) in [4.78, 5) is 11.6. The number of carbonyl (C=O) groups excluding carboxylic acids is 1. The third-order valence-electron chi connectivity index (χ3n) is 2.58. The summed E-state index contributed by atoms with van der Waals surface area (Å²) in [5, 5.41) is 0.592. The number of rotatable bonds is 3. The number of benzene rings is 2. The number of halogens is 1. The Morgan fingerprint density at radius 2 is 1.84 bits per heavy atom. The fraction of sp³-hybridized carbons (Fsp3) is 0.0625. The van der Waals surface area contributed by atoms with E-state index >= 15 is 0 Å². The zero-order valence-electron chi connectivity index (χ0n) is 10.5. The van der Waals surface area contributed by atoms with Crippen LogP contribution in [0.5, 0.6) is 5.75 Å². The highest BCUT2D eigenvalue weighted by Gasteiger charge is 2.11. The molecule has 0 bridgehead atoms. The van der Waals surface area contributed by atoms with Gasteiger partial charge >= 0.3 is 5.97 Å². The van der Waals surface area contributed by atoms with Crippen molar-refractivity contribution in [3.8, 4) is 16.9 Å². The molecule has 0 heterocycles. The minimum atomic E-state index is -0.445. The molecule has 2 aromatic carbocycles. The van der Waals surface area contributed by atoms with Crippen LogP contribution >= 0.6 is 11.6 Å². The lowest BCUT2D eigenvalue weighted by atomic mass is 10.0. The molecule has 0 amide bonds. The van der Waals surface area contributed by atoms with Gasteiger partial charge in [0, 0.05) is 16.2 Å². The van der Waals surface area contributed by atoms with E-state index in [0.29, 0.717) is 16.3 Å². The van der Waals surface area contributed by atoms with Gasteiger partial charge in [-0.1, -0.05) is 48.5 Å². The molecule has 96 valence electrons. The molecule has 0 aliphatic carbocycles. The Morgan fingerprint density at radius 3 is 2.47 bits per heavy atom. The summed E-state index contributed by atoms with van der Waals surface area (Å²) < 4.78 is 5.32. The Bertz CT molecular complexity index is 618. The Balaban J connectivity index is 2.45. The van der Waals surface area contributed by atoms with Crippen LogP contribution in [-0.2, 0) is 4.79 Å². The predicted octanol–water partition coefficient (Wildman–Crippen LogP) is 4.49. The summed E-state index contributed by atoms with van der Waals surface area (Å²) in [6.45, 7) is 5.18. The molecule has 3 heteroatoms. The van der Waals surface area contributed by atoms with Gasteiger partial charge in [0.15, 0.2) is 0 Å². The minimum Gasteiger partial charge on any atom is -0.423 e. The smallest absolute Gasteiger partial charge is 0.338 e. The second-order valence-corrected chi connectivity index (χ2v) is 4.61. The fourth-order valence-corrected chi connectivity index (χ4v) is 1.79. The number of hydrogen-bond acceptors (Lipinski definition) is 2. The van der Waals surface area contributed by atoms with Gasteiger partial charge in [-0.05, 0) is 30.7 Å². The molecule has 2 nitrogen and oxygen atoms in total. The molecule has 0 unspecified atom stereocenters. The Hall–Kier alpha value is -2.06. The zero-order valence-corrected chi connectivity index (χ0v) is 11.3. The summed E-state index contributed by atoms with van der Waals surface area (Å²) in [6.07, 6.45) is 0. The van der Waals surface area contributed by atoms with E-state index in [4.69, 9.17) is 16.3 Å². The van der Waals surface area contributed by atoms with Gasteiger partial charge in [-0.15, -0.1) is 0 Å². The average Bonchev–Trinajstić information content (AvgIpc) is 2.41. The van der Waals surface area contributed by atoms with Crippen molar-refractivity contribution in [1.29, 1.82) is 0 Å². The summed E-state index contributed by atoms with van der Waals surface area (Å²) in [6, 6.07) is 14.8. The van der Waals surface area contributed by atoms with Crippen molar-refractivity contribution in [1.82, 2.24) is 0 Å². The quantitative estimate of drug-likeness (QED) is 0.467. The molecule has 0 saturated carbocycles. The number of ether oxygens (including phenoxy) is 1. The molecule has 0 saturated heterocycles. The van der Waals surface area contributed by atoms with Crippen molar-refractivity contribution >= 4 is 17.6 Å². The lowest BCUT2D eigenvalue weighted by Gasteiger charge is -2.10. The van der Waals surface area contributed by atoms with Crippen molar-refractivity contribution in [2.45, 2.75) is 6.92 Å². The highest BCUT2D eigenvalue weighted by atomic mass is 35.5. The first-order chi connectivity index (χ1) is 9.08. The molecule has 0 spiro atoms. The molecular formula is C16H13ClO2. The maximum atomic E-state index is 11.6. The molecule has 0 N–H and O–H groups in total. The molecule has 2 rings (SSSR count). The Kier molecular flexibility index (Phi) is 4.03. The van der Waals surface area contributed by atoms with Crippen LogP contribution in [0.25, 0.3) is 11.1 Å². The van der Waals surface area contributed by atoms with Gasteiger partial charge in [0.2, 0.25) is 0 Å². The first-order valence-corrected chi connectivity index (χ1v) is 6.18. The maximum absolute atomic E-state index is 11.6. The predicted molar refractivity (Wildman–Crippen MR) is 77.3 cm³/mol. The Morgan fingerprint density at radius 1 is 1.16 bits per heavy atom. The van der Waals surface area contributed by atoms with Gasteiger partial charge in [-0.25, -0.2) is 4.79 Å². The van der Waals surface area contributed by atoms with Crippen molar-refractivity contribution < 1.29 is 9.53 Å². The second kappa shape index (κ2) is 5.72. The van der Waals surface area contributed by atoms with Gasteiger partial charge in [-0.3, -0.25) is 0 Å². The van der Waals surface area contributed by atoms with Crippen LogP contribution in [0, 0.1) is 0 Å². The monoisotopic (exact) mass is 272 g/mol. The fourth-order valence-electron chi connectivity index (χ4n) is 1.62. The molecule has 0 radical (unpaired) electrons. The third kappa shape index (κ3) is 3.24. The largest absolute Gasteiger partial charge is 0.423 e. The van der Waals surface area contributed by atoms with E-state index in [9.17, 15) is 4.79 Å². The van der Waals surface area contributed by atoms with E-state index in [1.165, 1.54) is 0 Å². The van der Waals surface area contributed by atoms with E-state index < -0.39 is 5.97 Å². The third-order valence-corrected chi connectivity index (χ3v) is 2.81. The number of esters is 1. The standard InChI is InChI=1S/C16H13ClO2/c1-11(2)16(18)19-15-9-8-13(17)10-14(15)12-6-4-3-5-7-12/h3-10H,1H2,2H3. The van der Waals surface area contributed by atoms with E-state index in [0.717, 1.165) is 11.1 Å². The van der Waals surface area contributed by atoms with Crippen LogP contribution in [0.15, 0.2) is 60.7 Å². The summed E-state index contributed by atoms with van der Waals surface area (Å²) >= 11 is 6.01. The minimum absolute atomic E-state index is 0.356. The van der Waals surface area contributed by atoms with Crippen molar-refractivity contribution in [3.63, 3.8) is 0 Å². The van der Waals surface area contributed by atoms with Gasteiger partial charge in [0.05, 0.1) is 0 Å². The van der Waals surface area contributed by atoms with Gasteiger partial charge in [0.25, 0.3) is 0 Å². The lowest BCUT2D eigenvalue weighted by molar-refractivity contribution is -0.130. The molecule has 0 fully saturated rings. The van der Waals surface area contributed by atoms with Crippen molar-refractivity contribution in [2.75, 3.05) is 0 Å². The first kappa shape index (κ1) is 13.4. The van der Waals surface area contributed by atoms with Crippen LogP contribution in [0.2, 0.25) is 5.02 Å². The van der Waals surface area contributed by atoms with Crippen LogP contribution in [0.1, 0.15) is 6.92 Å². The molecule has 0 atom stereocenters. The van der Waals surface area contributed by atoms with Crippen LogP contribution in [-0.4, -0.2) is 5.97 Å². The molecule has 0 aromatic heterocycles. The van der Waals surface area contributed by atoms with Gasteiger partial charge < -0.3 is 4.74 Å². The molecule has 0 aliphatic rings. The molecule has 0 aliphatic heterocycles. The summed E-state index contributed by atoms with van der Waals surface area (Å²) in [7, 11) is 0. The lowest BCUT2D eigenvalue weighted by Crippen LogP contribution is -2.08. The summed E-state index contributed by atoms with van der Waals surface area (Å²) in [5.41, 5.74) is 2.08. The van der Waals surface area contributed by atoms with E-state index in [1.54, 1.807) is 25.1 Å². The Labute approximate surface area is 117 Å². The summed E-state index contributed by atoms with van der Waals surface area (Å²) in [5.74, 6) is 0.0307. The highest BCUT2D eigenvalue weighted by Crippen LogP contribution is 2.32. The first-order valence-electron chi connectivity index (χ1n) is 5.80. The second-order valence-electron chi connectivity index (χ2n) is 4.18. The normalized spacial score (nSPS) is 10.0. The molecule has 19 heavy (non-hydrogen) atoms. The van der Waals surface area contributed by atoms with Crippen molar-refractivity contribution in [3.05, 3.63) is 65.7 Å². The number of carbonyl (C=O) groups is 1. The van der Waals surface area contributed by atoms with Crippen LogP contribution < -0.4 is 4.74 Å². The van der Waals surface area contributed by atoms with Crippen LogP contribution in [0.3, 0.4) is 0 Å². The molecule has 2 aromatic rings. The topological polar surface area (TPSA) is 26.3 Å². The highest BCUT2D eigenvalue weighted by molar-refractivity contribution is 6.31. The van der Waals surface area contributed by atoms with E-state index in [2.05, 4.69) is 6.58 Å². The SMILES string of the molecule is C=C(C)C(=O)Oc1ccc(Cl)cc1-c1ccccc1. The number of hydrogen-bond donors (Lipinski definition) is 0. The van der Waals surface area contributed by atoms with E-state index in [-0.39, 0.29) is 0 Å².